The van der Waals surface area contributed by atoms with Crippen LogP contribution in [0.1, 0.15) is 93.1 Å². The maximum absolute atomic E-state index is 14.5. The summed E-state index contributed by atoms with van der Waals surface area (Å²) < 4.78 is 34.0. The molecule has 5 heterocycles. The minimum Gasteiger partial charge on any atom is -0.459 e. The molecule has 0 radical (unpaired) electrons. The SMILES string of the molecule is CCC(=O)N=C1C[C@H]2OC/C(=N/OCc3ccc(-n4cccn4)nc3)CO[C@](C)(C[C@H]1C)[C@H](O[C@@H]1O[C@H](C)C[C@H](N(C)C)[C@H]1O)[C@@H](C)C(=O)[C@@H](C)C(=O)O[C@H](CC)[C@@]2(C)O. The zero-order chi connectivity index (χ0) is 43.9. The number of fused-ring (bicyclic) bond motifs is 5. The van der Waals surface area contributed by atoms with Gasteiger partial charge < -0.3 is 43.6 Å². The lowest BCUT2D eigenvalue weighted by Crippen LogP contribution is -2.59. The van der Waals surface area contributed by atoms with Crippen molar-refractivity contribution in [3.05, 3.63) is 42.4 Å². The zero-order valence-corrected chi connectivity index (χ0v) is 36.6. The van der Waals surface area contributed by atoms with E-state index >= 15 is 0 Å². The highest BCUT2D eigenvalue weighted by atomic mass is 16.7. The number of pyridine rings is 1. The molecule has 0 unspecified atom stereocenters. The number of carbonyl (C=O) groups is 3. The minimum absolute atomic E-state index is 0.0194. The number of rotatable bonds is 9. The molecular formula is C43H64N6O11. The first-order valence-corrected chi connectivity index (χ1v) is 21.0. The van der Waals surface area contributed by atoms with E-state index in [4.69, 9.17) is 28.5 Å². The molecule has 60 heavy (non-hydrogen) atoms. The number of aliphatic imine (C=N–C) groups is 1. The van der Waals surface area contributed by atoms with Crippen LogP contribution in [0.3, 0.4) is 0 Å². The fourth-order valence-corrected chi connectivity index (χ4v) is 8.30. The molecule has 3 aliphatic heterocycles. The summed E-state index contributed by atoms with van der Waals surface area (Å²) in [6, 6.07) is 5.13. The lowest BCUT2D eigenvalue weighted by Gasteiger charge is -2.47. The largest absolute Gasteiger partial charge is 0.459 e. The summed E-state index contributed by atoms with van der Waals surface area (Å²) >= 11 is 0. The van der Waals surface area contributed by atoms with Gasteiger partial charge in [0, 0.05) is 54.7 Å². The van der Waals surface area contributed by atoms with Crippen LogP contribution in [0, 0.1) is 17.8 Å². The first kappa shape index (κ1) is 47.1. The van der Waals surface area contributed by atoms with Crippen molar-refractivity contribution in [3.63, 3.8) is 0 Å². The maximum atomic E-state index is 14.5. The third-order valence-electron chi connectivity index (χ3n) is 12.0. The van der Waals surface area contributed by atoms with Crippen molar-refractivity contribution in [1.82, 2.24) is 19.7 Å². The molecule has 332 valence electrons. The minimum atomic E-state index is -1.83. The van der Waals surface area contributed by atoms with Gasteiger partial charge in [-0.25, -0.2) is 14.7 Å². The van der Waals surface area contributed by atoms with Crippen LogP contribution in [0.25, 0.3) is 5.82 Å². The van der Waals surface area contributed by atoms with Gasteiger partial charge in [0.15, 0.2) is 17.9 Å². The fraction of sp³-hybridized carbons (Fsp3) is 0.698. The number of nitrogens with zero attached hydrogens (tertiary/aromatic N) is 6. The van der Waals surface area contributed by atoms with Crippen molar-refractivity contribution in [2.75, 3.05) is 27.3 Å². The first-order valence-electron chi connectivity index (χ1n) is 21.0. The van der Waals surface area contributed by atoms with Crippen molar-refractivity contribution < 1.29 is 53.1 Å². The topological polar surface area (TPSA) is 206 Å². The van der Waals surface area contributed by atoms with Crippen LogP contribution in [-0.2, 0) is 49.5 Å². The molecule has 0 saturated carbocycles. The number of oxime groups is 1. The Bertz CT molecular complexity index is 1820. The van der Waals surface area contributed by atoms with Gasteiger partial charge in [-0.1, -0.05) is 38.9 Å². The van der Waals surface area contributed by atoms with Gasteiger partial charge in [-0.2, -0.15) is 5.10 Å². The Morgan fingerprint density at radius 1 is 1.12 bits per heavy atom. The molecule has 2 bridgehead atoms. The molecule has 2 aromatic heterocycles. The van der Waals surface area contributed by atoms with Crippen LogP contribution in [0.5, 0.6) is 0 Å². The van der Waals surface area contributed by atoms with E-state index in [2.05, 4.69) is 20.2 Å². The molecule has 0 aliphatic carbocycles. The van der Waals surface area contributed by atoms with E-state index in [0.29, 0.717) is 23.7 Å². The third kappa shape index (κ3) is 11.1. The number of amides is 1. The van der Waals surface area contributed by atoms with Gasteiger partial charge in [0.1, 0.15) is 36.0 Å². The maximum Gasteiger partial charge on any atom is 0.316 e. The normalized spacial score (nSPS) is 36.4. The van der Waals surface area contributed by atoms with E-state index in [1.807, 2.05) is 38.9 Å². The highest BCUT2D eigenvalue weighted by molar-refractivity contribution is 6.00. The molecule has 0 aromatic carbocycles. The van der Waals surface area contributed by atoms with Crippen molar-refractivity contribution in [2.24, 2.45) is 27.9 Å². The van der Waals surface area contributed by atoms with Crippen molar-refractivity contribution >= 4 is 29.1 Å². The van der Waals surface area contributed by atoms with Gasteiger partial charge in [0.25, 0.3) is 0 Å². The number of hydrogen-bond donors (Lipinski definition) is 2. The molecule has 5 rings (SSSR count). The summed E-state index contributed by atoms with van der Waals surface area (Å²) in [4.78, 5) is 58.1. The Kier molecular flexibility index (Phi) is 15.9. The summed E-state index contributed by atoms with van der Waals surface area (Å²) in [5.41, 5.74) is -1.78. The third-order valence-corrected chi connectivity index (χ3v) is 12.0. The Morgan fingerprint density at radius 3 is 2.50 bits per heavy atom. The monoisotopic (exact) mass is 840 g/mol. The Labute approximate surface area is 352 Å². The highest BCUT2D eigenvalue weighted by Crippen LogP contribution is 2.39. The Balaban J connectivity index is 1.62. The molecule has 3 fully saturated rings. The predicted molar refractivity (Wildman–Crippen MR) is 220 cm³/mol. The Morgan fingerprint density at radius 2 is 1.87 bits per heavy atom. The number of carbonyl (C=O) groups excluding carboxylic acids is 3. The summed E-state index contributed by atoms with van der Waals surface area (Å²) in [5, 5.41) is 32.6. The zero-order valence-electron chi connectivity index (χ0n) is 36.6. The van der Waals surface area contributed by atoms with E-state index in [1.54, 1.807) is 63.1 Å². The fourth-order valence-electron chi connectivity index (χ4n) is 8.30. The Hall–Kier alpha value is -3.97. The van der Waals surface area contributed by atoms with Crippen LogP contribution in [0.4, 0.5) is 0 Å². The summed E-state index contributed by atoms with van der Waals surface area (Å²) in [6.45, 7) is 13.3. The van der Waals surface area contributed by atoms with Crippen LogP contribution >= 0.6 is 0 Å². The van der Waals surface area contributed by atoms with E-state index in [1.165, 1.54) is 13.8 Å². The van der Waals surface area contributed by atoms with Gasteiger partial charge in [0.2, 0.25) is 5.91 Å². The quantitative estimate of drug-likeness (QED) is 0.209. The predicted octanol–water partition coefficient (Wildman–Crippen LogP) is 3.85. The molecule has 1 amide bonds. The molecule has 2 N–H and O–H groups in total. The van der Waals surface area contributed by atoms with E-state index in [9.17, 15) is 24.6 Å². The second-order valence-corrected chi connectivity index (χ2v) is 17.1. The van der Waals surface area contributed by atoms with E-state index in [-0.39, 0.29) is 63.6 Å². The number of ketones is 1. The molecule has 0 spiro atoms. The molecule has 2 aromatic rings. The molecule has 17 nitrogen and oxygen atoms in total. The van der Waals surface area contributed by atoms with Crippen molar-refractivity contribution in [1.29, 1.82) is 0 Å². The standard InChI is InChI=1S/C43H64N6O11/c1-11-33-43(8,54)34-19-31(46-36(50)12-2)25(3)20-42(7,56-24-30(23-55-34)47-57-22-29-14-15-35(44-21-29)49-17-13-16-45-49)39(27(5)37(51)28(6)40(53)59-33)60-41-38(52)32(48(9)10)18-26(4)58-41/h13-17,21,25-28,32-34,38-39,41,52,54H,11-12,18-20,22-24H2,1-10H3/b46-31?,47-30-/t25-,26-,27+,28-,32+,33-,34-,38-,39-,41+,42-,43-/m1/s1. The number of Topliss-reactive ketones (excluding diaryl/α,β-unsaturated/α-hetero) is 1. The number of aliphatic hydroxyl groups is 2. The van der Waals surface area contributed by atoms with E-state index < -0.39 is 71.4 Å². The van der Waals surface area contributed by atoms with Crippen molar-refractivity contribution in [3.8, 4) is 5.82 Å². The second kappa shape index (κ2) is 20.3. The summed E-state index contributed by atoms with van der Waals surface area (Å²) in [7, 11) is 3.73. The number of esters is 1. The highest BCUT2D eigenvalue weighted by Gasteiger charge is 2.51. The molecule has 3 aliphatic rings. The van der Waals surface area contributed by atoms with Crippen LogP contribution in [-0.4, -0.2) is 140 Å². The van der Waals surface area contributed by atoms with Crippen molar-refractivity contribution in [2.45, 2.75) is 148 Å². The second-order valence-electron chi connectivity index (χ2n) is 17.1. The lowest BCUT2D eigenvalue weighted by atomic mass is 9.76. The van der Waals surface area contributed by atoms with Gasteiger partial charge in [-0.05, 0) is 79.1 Å². The van der Waals surface area contributed by atoms with Gasteiger partial charge in [-0.15, -0.1) is 0 Å². The number of ether oxygens (including phenoxy) is 5. The van der Waals surface area contributed by atoms with Crippen LogP contribution in [0.2, 0.25) is 0 Å². The number of aromatic nitrogens is 3. The van der Waals surface area contributed by atoms with Gasteiger partial charge in [-0.3, -0.25) is 14.4 Å². The van der Waals surface area contributed by atoms with Crippen LogP contribution in [0.15, 0.2) is 46.9 Å². The molecule has 12 atom stereocenters. The van der Waals surface area contributed by atoms with Gasteiger partial charge >= 0.3 is 5.97 Å². The lowest BCUT2D eigenvalue weighted by molar-refractivity contribution is -0.296. The molecular weight excluding hydrogens is 777 g/mol. The smallest absolute Gasteiger partial charge is 0.316 e. The molecule has 3 saturated heterocycles. The average molecular weight is 841 g/mol. The number of aliphatic hydroxyl groups excluding tert-OH is 1. The summed E-state index contributed by atoms with van der Waals surface area (Å²) in [6.07, 6.45) is 0.174. The number of hydrogen-bond acceptors (Lipinski definition) is 15. The first-order chi connectivity index (χ1) is 28.4. The average Bonchev–Trinajstić information content (AvgIpc) is 3.76. The molecule has 17 heteroatoms. The van der Waals surface area contributed by atoms with Crippen LogP contribution < -0.4 is 0 Å². The summed E-state index contributed by atoms with van der Waals surface area (Å²) in [5.74, 6) is -3.85. The van der Waals surface area contributed by atoms with Gasteiger partial charge in [0.05, 0.1) is 37.1 Å². The van der Waals surface area contributed by atoms with E-state index in [0.717, 1.165) is 5.56 Å². The number of likely N-dealkylation sites (N-methyl/N-ethyl adjacent to an activating group) is 1. The number of cyclic esters (lactones) is 1.